The summed E-state index contributed by atoms with van der Waals surface area (Å²) in [6.45, 7) is 9.20. The van der Waals surface area contributed by atoms with Gasteiger partial charge >= 0.3 is 0 Å². The molecule has 0 saturated carbocycles. The fraction of sp³-hybridized carbons (Fsp3) is 0.200. The van der Waals surface area contributed by atoms with Crippen molar-refractivity contribution in [2.24, 2.45) is 5.10 Å². The van der Waals surface area contributed by atoms with Crippen LogP contribution in [-0.4, -0.2) is 54.5 Å². The predicted octanol–water partition coefficient (Wildman–Crippen LogP) is 4.49. The molecule has 0 aliphatic carbocycles. The summed E-state index contributed by atoms with van der Waals surface area (Å²) in [4.78, 5) is 12.9. The Morgan fingerprint density at radius 3 is 2.24 bits per heavy atom. The number of benzene rings is 3. The van der Waals surface area contributed by atoms with E-state index >= 15 is 0 Å². The van der Waals surface area contributed by atoms with Gasteiger partial charge in [-0.25, -0.2) is 13.8 Å². The highest BCUT2D eigenvalue weighted by molar-refractivity contribution is 7.92. The second-order valence-electron chi connectivity index (χ2n) is 8.56. The van der Waals surface area contributed by atoms with Crippen LogP contribution >= 0.6 is 0 Å². The van der Waals surface area contributed by atoms with E-state index < -0.39 is 22.5 Å². The molecule has 3 aromatic rings. The van der Waals surface area contributed by atoms with Crippen molar-refractivity contribution in [1.29, 1.82) is 0 Å². The first-order valence-corrected chi connectivity index (χ1v) is 13.9. The maximum absolute atomic E-state index is 13.7. The number of carbonyl (C=O) groups excluding carboxylic acids is 1. The molecule has 0 fully saturated rings. The quantitative estimate of drug-likeness (QED) is 0.160. The molecule has 3 aromatic carbocycles. The Hall–Kier alpha value is -4.77. The Kier molecular flexibility index (Phi) is 10.9. The number of carbonyl (C=O) groups is 1. The van der Waals surface area contributed by atoms with Crippen molar-refractivity contribution < 1.29 is 32.2 Å². The molecule has 1 N–H and O–H groups in total. The van der Waals surface area contributed by atoms with Crippen LogP contribution in [0.5, 0.6) is 23.0 Å². The molecule has 11 heteroatoms. The summed E-state index contributed by atoms with van der Waals surface area (Å²) in [6, 6.07) is 16.1. The highest BCUT2D eigenvalue weighted by Gasteiger charge is 2.28. The molecular weight excluding hydrogens is 546 g/mol. The van der Waals surface area contributed by atoms with Crippen LogP contribution in [0, 0.1) is 6.92 Å². The number of rotatable bonds is 15. The minimum atomic E-state index is -4.19. The Labute approximate surface area is 240 Å². The molecule has 0 saturated heterocycles. The molecule has 3 rings (SSSR count). The lowest BCUT2D eigenvalue weighted by Gasteiger charge is -2.24. The van der Waals surface area contributed by atoms with E-state index in [0.29, 0.717) is 35.1 Å². The van der Waals surface area contributed by atoms with E-state index in [1.54, 1.807) is 54.6 Å². The molecule has 0 radical (unpaired) electrons. The van der Waals surface area contributed by atoms with Gasteiger partial charge in [-0.1, -0.05) is 43.0 Å². The van der Waals surface area contributed by atoms with E-state index in [-0.39, 0.29) is 17.3 Å². The maximum Gasteiger partial charge on any atom is 0.264 e. The minimum Gasteiger partial charge on any atom is -0.493 e. The van der Waals surface area contributed by atoms with Crippen molar-refractivity contribution >= 4 is 27.8 Å². The van der Waals surface area contributed by atoms with Gasteiger partial charge in [-0.3, -0.25) is 9.10 Å². The summed E-state index contributed by atoms with van der Waals surface area (Å²) in [5.41, 5.74) is 4.20. The molecule has 0 heterocycles. The zero-order valence-electron chi connectivity index (χ0n) is 23.2. The summed E-state index contributed by atoms with van der Waals surface area (Å²) in [7, 11) is -1.33. The zero-order valence-corrected chi connectivity index (χ0v) is 24.0. The normalized spacial score (nSPS) is 11.0. The topological polar surface area (TPSA) is 116 Å². The Balaban J connectivity index is 1.86. The van der Waals surface area contributed by atoms with Crippen LogP contribution < -0.4 is 28.7 Å². The Morgan fingerprint density at radius 1 is 0.902 bits per heavy atom. The fourth-order valence-corrected chi connectivity index (χ4v) is 5.05. The molecule has 1 amide bonds. The summed E-state index contributed by atoms with van der Waals surface area (Å²) in [5.74, 6) is 0.977. The van der Waals surface area contributed by atoms with Gasteiger partial charge in [0.25, 0.3) is 15.9 Å². The number of hydrogen-bond acceptors (Lipinski definition) is 8. The lowest BCUT2D eigenvalue weighted by atomic mass is 10.2. The maximum atomic E-state index is 13.7. The van der Waals surface area contributed by atoms with Gasteiger partial charge in [0.15, 0.2) is 11.5 Å². The van der Waals surface area contributed by atoms with Crippen LogP contribution in [0.2, 0.25) is 0 Å². The number of anilines is 1. The Morgan fingerprint density at radius 2 is 1.59 bits per heavy atom. The monoisotopic (exact) mass is 579 g/mol. The molecular formula is C30H33N3O7S. The van der Waals surface area contributed by atoms with E-state index in [0.717, 1.165) is 9.87 Å². The van der Waals surface area contributed by atoms with Crippen molar-refractivity contribution in [3.05, 3.63) is 97.1 Å². The average molecular weight is 580 g/mol. The SMILES string of the molecule is C=CCOc1ccc(C=NNC(=O)CN(c2ccc(C)cc2)S(=O)(=O)c2ccc(OC)c(OC)c2)c(OCC=C)c1. The number of nitrogens with one attached hydrogen (secondary N) is 1. The molecule has 41 heavy (non-hydrogen) atoms. The lowest BCUT2D eigenvalue weighted by molar-refractivity contribution is -0.119. The number of nitrogens with zero attached hydrogens (tertiary/aromatic N) is 2. The number of sulfonamides is 1. The molecule has 10 nitrogen and oxygen atoms in total. The van der Waals surface area contributed by atoms with Gasteiger partial charge in [0, 0.05) is 17.7 Å². The predicted molar refractivity (Wildman–Crippen MR) is 159 cm³/mol. The molecule has 0 bridgehead atoms. The summed E-state index contributed by atoms with van der Waals surface area (Å²) >= 11 is 0. The number of aryl methyl sites for hydroxylation is 1. The highest BCUT2D eigenvalue weighted by Crippen LogP contribution is 2.32. The number of hydrazone groups is 1. The molecule has 0 aromatic heterocycles. The largest absolute Gasteiger partial charge is 0.493 e. The summed E-state index contributed by atoms with van der Waals surface area (Å²) in [6.07, 6.45) is 4.62. The van der Waals surface area contributed by atoms with E-state index in [9.17, 15) is 13.2 Å². The van der Waals surface area contributed by atoms with Crippen molar-refractivity contribution in [3.8, 4) is 23.0 Å². The lowest BCUT2D eigenvalue weighted by Crippen LogP contribution is -2.39. The van der Waals surface area contributed by atoms with E-state index in [4.69, 9.17) is 18.9 Å². The number of hydrogen-bond donors (Lipinski definition) is 1. The van der Waals surface area contributed by atoms with Gasteiger partial charge in [0.1, 0.15) is 31.3 Å². The van der Waals surface area contributed by atoms with Crippen molar-refractivity contribution in [3.63, 3.8) is 0 Å². The van der Waals surface area contributed by atoms with Crippen molar-refractivity contribution in [2.45, 2.75) is 11.8 Å². The van der Waals surface area contributed by atoms with Crippen LogP contribution in [0.3, 0.4) is 0 Å². The van der Waals surface area contributed by atoms with Crippen LogP contribution in [0.15, 0.2) is 96.0 Å². The van der Waals surface area contributed by atoms with Gasteiger partial charge in [0.2, 0.25) is 0 Å². The first kappa shape index (κ1) is 30.8. The first-order chi connectivity index (χ1) is 19.7. The Bertz CT molecular complexity index is 1500. The zero-order chi connectivity index (χ0) is 29.8. The standard InChI is InChI=1S/C30H33N3O7S/c1-6-16-39-25-13-10-23(28(18-25)40-17-7-2)20-31-32-30(34)21-33(24-11-8-22(3)9-12-24)41(35,36)26-14-15-27(37-4)29(19-26)38-5/h6-15,18-20H,1-2,16-17,21H2,3-5H3,(H,32,34). The van der Waals surface area contributed by atoms with Gasteiger partial charge in [-0.2, -0.15) is 5.10 Å². The van der Waals surface area contributed by atoms with Crippen LogP contribution in [-0.2, 0) is 14.8 Å². The van der Waals surface area contributed by atoms with Gasteiger partial charge in [-0.05, 0) is 43.3 Å². The fourth-order valence-electron chi connectivity index (χ4n) is 3.61. The van der Waals surface area contributed by atoms with Crippen LogP contribution in [0.25, 0.3) is 0 Å². The highest BCUT2D eigenvalue weighted by atomic mass is 32.2. The average Bonchev–Trinajstić information content (AvgIpc) is 2.98. The second-order valence-corrected chi connectivity index (χ2v) is 10.4. The molecule has 0 aliphatic heterocycles. The van der Waals surface area contributed by atoms with Gasteiger partial charge < -0.3 is 18.9 Å². The number of ether oxygens (including phenoxy) is 4. The van der Waals surface area contributed by atoms with Gasteiger partial charge in [-0.15, -0.1) is 0 Å². The van der Waals surface area contributed by atoms with E-state index in [1.165, 1.54) is 38.6 Å². The minimum absolute atomic E-state index is 0.0743. The smallest absolute Gasteiger partial charge is 0.264 e. The first-order valence-electron chi connectivity index (χ1n) is 12.5. The number of methoxy groups -OCH3 is 2. The molecule has 0 unspecified atom stereocenters. The molecule has 0 atom stereocenters. The molecule has 0 aliphatic rings. The van der Waals surface area contributed by atoms with Crippen LogP contribution in [0.1, 0.15) is 11.1 Å². The van der Waals surface area contributed by atoms with Gasteiger partial charge in [0.05, 0.1) is 31.0 Å². The van der Waals surface area contributed by atoms with E-state index in [1.807, 2.05) is 6.92 Å². The molecule has 0 spiro atoms. The summed E-state index contributed by atoms with van der Waals surface area (Å²) < 4.78 is 50.2. The van der Waals surface area contributed by atoms with E-state index in [2.05, 4.69) is 23.7 Å². The van der Waals surface area contributed by atoms with Crippen LogP contribution in [0.4, 0.5) is 5.69 Å². The molecule has 216 valence electrons. The third-order valence-electron chi connectivity index (χ3n) is 5.65. The van der Waals surface area contributed by atoms with Crippen molar-refractivity contribution in [1.82, 2.24) is 5.43 Å². The number of amides is 1. The third-order valence-corrected chi connectivity index (χ3v) is 7.42. The second kappa shape index (κ2) is 14.6. The summed E-state index contributed by atoms with van der Waals surface area (Å²) in [5, 5.41) is 4.02. The van der Waals surface area contributed by atoms with Crippen molar-refractivity contribution in [2.75, 3.05) is 38.3 Å². The third kappa shape index (κ3) is 8.12.